The second kappa shape index (κ2) is 8.51. The highest BCUT2D eigenvalue weighted by molar-refractivity contribution is 7.80. The first-order chi connectivity index (χ1) is 10.7. The summed E-state index contributed by atoms with van der Waals surface area (Å²) in [6, 6.07) is 11.9. The Kier molecular flexibility index (Phi) is 6.36. The molecule has 1 aromatic carbocycles. The molecule has 2 rings (SSSR count). The normalized spacial score (nSPS) is 10.1. The van der Waals surface area contributed by atoms with Gasteiger partial charge in [0.1, 0.15) is 5.15 Å². The zero-order chi connectivity index (χ0) is 15.8. The SMILES string of the molecule is COc1cc(Cl)nc(NC(=S)NCCCc2ccccc2)n1. The van der Waals surface area contributed by atoms with Crippen molar-refractivity contribution in [3.8, 4) is 5.88 Å². The largest absolute Gasteiger partial charge is 0.481 e. The molecule has 0 fully saturated rings. The summed E-state index contributed by atoms with van der Waals surface area (Å²) < 4.78 is 5.03. The molecule has 7 heteroatoms. The van der Waals surface area contributed by atoms with Crippen molar-refractivity contribution in [2.24, 2.45) is 0 Å². The summed E-state index contributed by atoms with van der Waals surface area (Å²) in [6.45, 7) is 0.762. The Hall–Kier alpha value is -1.92. The van der Waals surface area contributed by atoms with Crippen LogP contribution in [0.2, 0.25) is 5.15 Å². The van der Waals surface area contributed by atoms with Crippen LogP contribution in [0.5, 0.6) is 5.88 Å². The lowest BCUT2D eigenvalue weighted by Crippen LogP contribution is -2.30. The number of thiocarbonyl (C=S) groups is 1. The van der Waals surface area contributed by atoms with Crippen LogP contribution in [-0.2, 0) is 6.42 Å². The molecule has 0 aliphatic rings. The third kappa shape index (κ3) is 5.46. The van der Waals surface area contributed by atoms with Gasteiger partial charge in [0, 0.05) is 12.6 Å². The van der Waals surface area contributed by atoms with Crippen LogP contribution in [0.25, 0.3) is 0 Å². The number of methoxy groups -OCH3 is 1. The third-order valence-corrected chi connectivity index (χ3v) is 3.32. The van der Waals surface area contributed by atoms with E-state index in [9.17, 15) is 0 Å². The monoisotopic (exact) mass is 336 g/mol. The molecule has 0 atom stereocenters. The van der Waals surface area contributed by atoms with E-state index in [0.717, 1.165) is 19.4 Å². The molecule has 1 heterocycles. The minimum Gasteiger partial charge on any atom is -0.481 e. The lowest BCUT2D eigenvalue weighted by Gasteiger charge is -2.10. The summed E-state index contributed by atoms with van der Waals surface area (Å²) in [4.78, 5) is 8.14. The van der Waals surface area contributed by atoms with Crippen LogP contribution in [0.15, 0.2) is 36.4 Å². The maximum Gasteiger partial charge on any atom is 0.233 e. The van der Waals surface area contributed by atoms with Crippen molar-refractivity contribution in [3.63, 3.8) is 0 Å². The number of benzene rings is 1. The summed E-state index contributed by atoms with van der Waals surface area (Å²) in [5, 5.41) is 6.75. The zero-order valence-corrected chi connectivity index (χ0v) is 13.7. The van der Waals surface area contributed by atoms with Crippen molar-refractivity contribution < 1.29 is 4.74 Å². The van der Waals surface area contributed by atoms with E-state index < -0.39 is 0 Å². The fourth-order valence-corrected chi connectivity index (χ4v) is 2.21. The molecule has 0 amide bonds. The number of aromatic nitrogens is 2. The Labute approximate surface area is 140 Å². The average molecular weight is 337 g/mol. The van der Waals surface area contributed by atoms with Crippen LogP contribution in [0, 0.1) is 0 Å². The van der Waals surface area contributed by atoms with Gasteiger partial charge in [0.2, 0.25) is 11.8 Å². The van der Waals surface area contributed by atoms with Crippen LogP contribution in [0.1, 0.15) is 12.0 Å². The molecule has 2 aromatic rings. The van der Waals surface area contributed by atoms with Gasteiger partial charge in [0.25, 0.3) is 0 Å². The molecule has 0 aliphatic heterocycles. The van der Waals surface area contributed by atoms with Crippen LogP contribution in [0.4, 0.5) is 5.95 Å². The fourth-order valence-electron chi connectivity index (χ4n) is 1.84. The number of hydrogen-bond acceptors (Lipinski definition) is 4. The van der Waals surface area contributed by atoms with Gasteiger partial charge in [-0.15, -0.1) is 0 Å². The van der Waals surface area contributed by atoms with Gasteiger partial charge < -0.3 is 15.4 Å². The molecule has 0 unspecified atom stereocenters. The number of halogens is 1. The summed E-state index contributed by atoms with van der Waals surface area (Å²) >= 11 is 11.1. The van der Waals surface area contributed by atoms with Crippen molar-refractivity contribution in [1.82, 2.24) is 15.3 Å². The highest BCUT2D eigenvalue weighted by Crippen LogP contribution is 2.15. The lowest BCUT2D eigenvalue weighted by molar-refractivity contribution is 0.397. The Morgan fingerprint density at radius 1 is 1.27 bits per heavy atom. The van der Waals surface area contributed by atoms with Gasteiger partial charge in [-0.25, -0.2) is 4.98 Å². The van der Waals surface area contributed by atoms with E-state index in [1.165, 1.54) is 18.7 Å². The topological polar surface area (TPSA) is 59.1 Å². The predicted molar refractivity (Wildman–Crippen MR) is 92.6 cm³/mol. The minimum atomic E-state index is 0.293. The number of aryl methyl sites for hydroxylation is 1. The van der Waals surface area contributed by atoms with Gasteiger partial charge >= 0.3 is 0 Å². The van der Waals surface area contributed by atoms with Crippen LogP contribution >= 0.6 is 23.8 Å². The second-order valence-electron chi connectivity index (χ2n) is 4.53. The molecule has 0 spiro atoms. The second-order valence-corrected chi connectivity index (χ2v) is 5.32. The average Bonchev–Trinajstić information content (AvgIpc) is 2.52. The molecule has 116 valence electrons. The van der Waals surface area contributed by atoms with Gasteiger partial charge in [0.15, 0.2) is 5.11 Å². The Morgan fingerprint density at radius 2 is 2.05 bits per heavy atom. The van der Waals surface area contributed by atoms with Gasteiger partial charge in [-0.3, -0.25) is 0 Å². The van der Waals surface area contributed by atoms with E-state index in [-0.39, 0.29) is 0 Å². The molecule has 0 saturated heterocycles. The Bertz CT molecular complexity index is 624. The predicted octanol–water partition coefficient (Wildman–Crippen LogP) is 3.06. The molecule has 2 N–H and O–H groups in total. The van der Waals surface area contributed by atoms with Crippen LogP contribution < -0.4 is 15.4 Å². The summed E-state index contributed by atoms with van der Waals surface area (Å²) in [5.74, 6) is 0.694. The third-order valence-electron chi connectivity index (χ3n) is 2.88. The number of ether oxygens (including phenoxy) is 1. The van der Waals surface area contributed by atoms with E-state index in [0.29, 0.717) is 22.1 Å². The van der Waals surface area contributed by atoms with Gasteiger partial charge in [-0.1, -0.05) is 41.9 Å². The summed E-state index contributed by atoms with van der Waals surface area (Å²) in [7, 11) is 1.52. The maximum absolute atomic E-state index is 5.87. The first-order valence-corrected chi connectivity index (χ1v) is 7.63. The van der Waals surface area contributed by atoms with E-state index in [1.807, 2.05) is 18.2 Å². The molecule has 0 radical (unpaired) electrons. The smallest absolute Gasteiger partial charge is 0.233 e. The molecular formula is C15H17ClN4OS. The molecule has 0 aliphatic carbocycles. The molecule has 0 bridgehead atoms. The Morgan fingerprint density at radius 3 is 2.77 bits per heavy atom. The number of anilines is 1. The van der Waals surface area contributed by atoms with Crippen LogP contribution in [0.3, 0.4) is 0 Å². The molecule has 22 heavy (non-hydrogen) atoms. The standard InChI is InChI=1S/C15H17ClN4OS/c1-21-13-10-12(16)18-14(19-13)20-15(22)17-9-5-8-11-6-3-2-4-7-11/h2-4,6-7,10H,5,8-9H2,1H3,(H2,17,18,19,20,22). The zero-order valence-electron chi connectivity index (χ0n) is 12.2. The van der Waals surface area contributed by atoms with E-state index in [1.54, 1.807) is 0 Å². The summed E-state index contributed by atoms with van der Waals surface area (Å²) in [5.41, 5.74) is 1.31. The molecular weight excluding hydrogens is 320 g/mol. The molecule has 0 saturated carbocycles. The van der Waals surface area contributed by atoms with E-state index in [4.69, 9.17) is 28.6 Å². The van der Waals surface area contributed by atoms with Crippen molar-refractivity contribution in [3.05, 3.63) is 47.1 Å². The molecule has 5 nitrogen and oxygen atoms in total. The number of rotatable bonds is 6. The first kappa shape index (κ1) is 16.5. The number of nitrogens with one attached hydrogen (secondary N) is 2. The van der Waals surface area contributed by atoms with Crippen molar-refractivity contribution in [1.29, 1.82) is 0 Å². The highest BCUT2D eigenvalue weighted by atomic mass is 35.5. The van der Waals surface area contributed by atoms with Gasteiger partial charge in [0.05, 0.1) is 7.11 Å². The van der Waals surface area contributed by atoms with E-state index >= 15 is 0 Å². The minimum absolute atomic E-state index is 0.293. The van der Waals surface area contributed by atoms with Crippen molar-refractivity contribution >= 4 is 34.9 Å². The van der Waals surface area contributed by atoms with Crippen molar-refractivity contribution in [2.45, 2.75) is 12.8 Å². The Balaban J connectivity index is 1.75. The van der Waals surface area contributed by atoms with Crippen molar-refractivity contribution in [2.75, 3.05) is 19.0 Å². The van der Waals surface area contributed by atoms with Gasteiger partial charge in [-0.2, -0.15) is 4.98 Å². The molecule has 1 aromatic heterocycles. The number of hydrogen-bond donors (Lipinski definition) is 2. The first-order valence-electron chi connectivity index (χ1n) is 6.85. The number of nitrogens with zero attached hydrogens (tertiary/aromatic N) is 2. The maximum atomic E-state index is 5.87. The van der Waals surface area contributed by atoms with E-state index in [2.05, 4.69) is 32.7 Å². The summed E-state index contributed by atoms with van der Waals surface area (Å²) in [6.07, 6.45) is 1.98. The highest BCUT2D eigenvalue weighted by Gasteiger charge is 2.05. The quantitative estimate of drug-likeness (QED) is 0.480. The fraction of sp³-hybridized carbons (Fsp3) is 0.267. The van der Waals surface area contributed by atoms with Gasteiger partial charge in [-0.05, 0) is 30.6 Å². The lowest BCUT2D eigenvalue weighted by atomic mass is 10.1. The van der Waals surface area contributed by atoms with Crippen LogP contribution in [-0.4, -0.2) is 28.7 Å².